The molecule has 2 rings (SSSR count). The van der Waals surface area contributed by atoms with E-state index in [1.54, 1.807) is 26.2 Å². The number of methoxy groups -OCH3 is 1. The number of carbonyl (C=O) groups excluding carboxylic acids is 1. The van der Waals surface area contributed by atoms with Crippen LogP contribution in [0.25, 0.3) is 0 Å². The Morgan fingerprint density at radius 2 is 2.03 bits per heavy atom. The number of nitrogens with one attached hydrogen (secondary N) is 2. The SMILES string of the molecule is COc1ccc(OC(F)F)c(CN=C(NCCN2CCOCC2)NCC(=O)N(C)C)c1. The lowest BCUT2D eigenvalue weighted by Gasteiger charge is -2.26. The molecular weight excluding hydrogens is 412 g/mol. The van der Waals surface area contributed by atoms with Gasteiger partial charge in [0.25, 0.3) is 0 Å². The van der Waals surface area contributed by atoms with Crippen LogP contribution in [0.5, 0.6) is 11.5 Å². The summed E-state index contributed by atoms with van der Waals surface area (Å²) in [4.78, 5) is 20.1. The number of likely N-dealkylation sites (N-methyl/N-ethyl adjacent to an activating group) is 1. The van der Waals surface area contributed by atoms with E-state index < -0.39 is 6.61 Å². The zero-order valence-corrected chi connectivity index (χ0v) is 18.2. The molecular formula is C20H31F2N5O4. The molecule has 0 spiro atoms. The Morgan fingerprint density at radius 3 is 2.68 bits per heavy atom. The highest BCUT2D eigenvalue weighted by Crippen LogP contribution is 2.26. The molecule has 9 nitrogen and oxygen atoms in total. The number of hydrogen-bond acceptors (Lipinski definition) is 6. The Kier molecular flexibility index (Phi) is 10.2. The Balaban J connectivity index is 2.06. The molecule has 0 saturated carbocycles. The third-order valence-electron chi connectivity index (χ3n) is 4.62. The molecule has 1 aromatic carbocycles. The van der Waals surface area contributed by atoms with Crippen LogP contribution in [0.1, 0.15) is 5.56 Å². The van der Waals surface area contributed by atoms with Gasteiger partial charge in [-0.15, -0.1) is 0 Å². The van der Waals surface area contributed by atoms with Crippen LogP contribution in [-0.2, 0) is 16.1 Å². The van der Waals surface area contributed by atoms with Crippen LogP contribution in [0.2, 0.25) is 0 Å². The number of aliphatic imine (C=N–C) groups is 1. The van der Waals surface area contributed by atoms with Gasteiger partial charge in [0.05, 0.1) is 33.4 Å². The second-order valence-corrected chi connectivity index (χ2v) is 7.04. The predicted octanol–water partition coefficient (Wildman–Crippen LogP) is 0.752. The summed E-state index contributed by atoms with van der Waals surface area (Å²) in [5.41, 5.74) is 0.438. The summed E-state index contributed by atoms with van der Waals surface area (Å²) >= 11 is 0. The number of morpholine rings is 1. The van der Waals surface area contributed by atoms with Gasteiger partial charge in [0.2, 0.25) is 5.91 Å². The average molecular weight is 443 g/mol. The van der Waals surface area contributed by atoms with Gasteiger partial charge in [-0.1, -0.05) is 0 Å². The lowest BCUT2D eigenvalue weighted by atomic mass is 10.2. The number of rotatable bonds is 10. The summed E-state index contributed by atoms with van der Waals surface area (Å²) in [6.45, 7) is 1.68. The van der Waals surface area contributed by atoms with E-state index in [0.717, 1.165) is 19.6 Å². The summed E-state index contributed by atoms with van der Waals surface area (Å²) in [6, 6.07) is 4.56. The normalized spacial score (nSPS) is 15.0. The first-order chi connectivity index (χ1) is 14.9. The van der Waals surface area contributed by atoms with Gasteiger partial charge < -0.3 is 29.7 Å². The van der Waals surface area contributed by atoms with Crippen molar-refractivity contribution in [3.05, 3.63) is 23.8 Å². The van der Waals surface area contributed by atoms with E-state index in [4.69, 9.17) is 9.47 Å². The second-order valence-electron chi connectivity index (χ2n) is 7.04. The molecule has 31 heavy (non-hydrogen) atoms. The summed E-state index contributed by atoms with van der Waals surface area (Å²) in [5, 5.41) is 6.17. The topological polar surface area (TPSA) is 87.7 Å². The smallest absolute Gasteiger partial charge is 0.387 e. The average Bonchev–Trinajstić information content (AvgIpc) is 2.76. The fourth-order valence-corrected chi connectivity index (χ4v) is 2.83. The molecule has 1 heterocycles. The Hall–Kier alpha value is -2.66. The molecule has 1 aliphatic heterocycles. The molecule has 2 N–H and O–H groups in total. The highest BCUT2D eigenvalue weighted by atomic mass is 19.3. The molecule has 1 saturated heterocycles. The van der Waals surface area contributed by atoms with Crippen LogP contribution in [0.15, 0.2) is 23.2 Å². The molecule has 0 atom stereocenters. The molecule has 0 radical (unpaired) electrons. The van der Waals surface area contributed by atoms with Gasteiger partial charge in [-0.2, -0.15) is 8.78 Å². The zero-order chi connectivity index (χ0) is 22.6. The maximum atomic E-state index is 12.7. The van der Waals surface area contributed by atoms with Crippen LogP contribution >= 0.6 is 0 Å². The molecule has 1 aliphatic rings. The molecule has 0 aliphatic carbocycles. The van der Waals surface area contributed by atoms with Gasteiger partial charge in [-0.25, -0.2) is 4.99 Å². The highest BCUT2D eigenvalue weighted by Gasteiger charge is 2.13. The van der Waals surface area contributed by atoms with Crippen molar-refractivity contribution < 1.29 is 27.8 Å². The minimum Gasteiger partial charge on any atom is -0.497 e. The third kappa shape index (κ3) is 8.93. The fourth-order valence-electron chi connectivity index (χ4n) is 2.83. The standard InChI is InChI=1S/C20H31F2N5O4/c1-26(2)18(28)14-25-20(23-6-7-27-8-10-30-11-9-27)24-13-15-12-16(29-3)4-5-17(15)31-19(21)22/h4-5,12,19H,6-11,13-14H2,1-3H3,(H2,23,24,25). The summed E-state index contributed by atoms with van der Waals surface area (Å²) in [6.07, 6.45) is 0. The number of halogens is 2. The maximum Gasteiger partial charge on any atom is 0.387 e. The molecule has 0 bridgehead atoms. The van der Waals surface area contributed by atoms with Gasteiger partial charge in [0, 0.05) is 45.8 Å². The van der Waals surface area contributed by atoms with E-state index in [2.05, 4.69) is 25.3 Å². The zero-order valence-electron chi connectivity index (χ0n) is 18.2. The van der Waals surface area contributed by atoms with Crippen molar-refractivity contribution in [2.45, 2.75) is 13.2 Å². The van der Waals surface area contributed by atoms with Gasteiger partial charge in [0.15, 0.2) is 5.96 Å². The maximum absolute atomic E-state index is 12.7. The Labute approximate surface area is 181 Å². The summed E-state index contributed by atoms with van der Waals surface area (Å²) < 4.78 is 40.6. The van der Waals surface area contributed by atoms with E-state index in [1.807, 2.05) is 0 Å². The summed E-state index contributed by atoms with van der Waals surface area (Å²) in [5.74, 6) is 0.807. The van der Waals surface area contributed by atoms with Crippen LogP contribution < -0.4 is 20.1 Å². The highest BCUT2D eigenvalue weighted by molar-refractivity contribution is 5.86. The lowest BCUT2D eigenvalue weighted by Crippen LogP contribution is -2.46. The lowest BCUT2D eigenvalue weighted by molar-refractivity contribution is -0.127. The Morgan fingerprint density at radius 1 is 1.29 bits per heavy atom. The number of ether oxygens (including phenoxy) is 3. The monoisotopic (exact) mass is 443 g/mol. The van der Waals surface area contributed by atoms with E-state index in [1.165, 1.54) is 18.1 Å². The van der Waals surface area contributed by atoms with Crippen molar-refractivity contribution in [2.75, 3.05) is 67.1 Å². The molecule has 1 fully saturated rings. The first-order valence-corrected chi connectivity index (χ1v) is 10.0. The molecule has 0 unspecified atom stereocenters. The van der Waals surface area contributed by atoms with Gasteiger partial charge in [-0.3, -0.25) is 9.69 Å². The second kappa shape index (κ2) is 12.9. The molecule has 1 aromatic rings. The number of amides is 1. The number of carbonyl (C=O) groups is 1. The number of guanidine groups is 1. The molecule has 174 valence electrons. The summed E-state index contributed by atoms with van der Waals surface area (Å²) in [7, 11) is 4.82. The van der Waals surface area contributed by atoms with E-state index >= 15 is 0 Å². The van der Waals surface area contributed by atoms with Gasteiger partial charge in [-0.05, 0) is 18.2 Å². The minimum absolute atomic E-state index is 0.0246. The van der Waals surface area contributed by atoms with Crippen LogP contribution in [0.4, 0.5) is 8.78 Å². The number of nitrogens with zero attached hydrogens (tertiary/aromatic N) is 3. The van der Waals surface area contributed by atoms with Crippen molar-refractivity contribution in [1.29, 1.82) is 0 Å². The van der Waals surface area contributed by atoms with E-state index in [9.17, 15) is 13.6 Å². The predicted molar refractivity (Wildman–Crippen MR) is 113 cm³/mol. The number of benzene rings is 1. The first kappa shape index (κ1) is 24.6. The minimum atomic E-state index is -2.95. The van der Waals surface area contributed by atoms with Crippen molar-refractivity contribution in [2.24, 2.45) is 4.99 Å². The molecule has 11 heteroatoms. The number of alkyl halides is 2. The largest absolute Gasteiger partial charge is 0.497 e. The third-order valence-corrected chi connectivity index (χ3v) is 4.62. The van der Waals surface area contributed by atoms with Crippen LogP contribution in [-0.4, -0.2) is 95.4 Å². The van der Waals surface area contributed by atoms with Gasteiger partial charge in [0.1, 0.15) is 11.5 Å². The van der Waals surface area contributed by atoms with E-state index in [-0.39, 0.29) is 24.7 Å². The quantitative estimate of drug-likeness (QED) is 0.408. The van der Waals surface area contributed by atoms with Crippen molar-refractivity contribution in [3.8, 4) is 11.5 Å². The van der Waals surface area contributed by atoms with Crippen molar-refractivity contribution in [1.82, 2.24) is 20.4 Å². The van der Waals surface area contributed by atoms with E-state index in [0.29, 0.717) is 37.0 Å². The molecule has 1 amide bonds. The molecule has 0 aromatic heterocycles. The number of hydrogen-bond donors (Lipinski definition) is 2. The van der Waals surface area contributed by atoms with Crippen LogP contribution in [0.3, 0.4) is 0 Å². The fraction of sp³-hybridized carbons (Fsp3) is 0.600. The van der Waals surface area contributed by atoms with Crippen LogP contribution in [0, 0.1) is 0 Å². The van der Waals surface area contributed by atoms with Crippen molar-refractivity contribution >= 4 is 11.9 Å². The van der Waals surface area contributed by atoms with Gasteiger partial charge >= 0.3 is 6.61 Å². The Bertz CT molecular complexity index is 728. The first-order valence-electron chi connectivity index (χ1n) is 10.0. The van der Waals surface area contributed by atoms with Crippen molar-refractivity contribution in [3.63, 3.8) is 0 Å².